The van der Waals surface area contributed by atoms with Crippen LogP contribution in [-0.2, 0) is 14.3 Å². The van der Waals surface area contributed by atoms with Crippen LogP contribution in [0.3, 0.4) is 0 Å². The molecule has 0 aliphatic heterocycles. The number of anilines is 2. The van der Waals surface area contributed by atoms with Gasteiger partial charge in [-0.15, -0.1) is 0 Å². The molecule has 0 bridgehead atoms. The molecule has 2 N–H and O–H groups in total. The quantitative estimate of drug-likeness (QED) is 0.656. The number of carbonyl (C=O) groups excluding carboxylic acids is 3. The highest BCUT2D eigenvalue weighted by Crippen LogP contribution is 2.16. The number of rotatable bonds is 5. The average molecular weight is 312 g/mol. The first-order valence-electron chi connectivity index (χ1n) is 6.92. The fourth-order valence-corrected chi connectivity index (χ4v) is 1.95. The Kier molecular flexibility index (Phi) is 5.46. The molecular formula is C17H16N2O4. The monoisotopic (exact) mass is 312 g/mol. The molecule has 2 aromatic carbocycles. The molecule has 0 aliphatic rings. The van der Waals surface area contributed by atoms with Crippen molar-refractivity contribution in [1.29, 1.82) is 0 Å². The minimum absolute atomic E-state index is 0.229. The number of esters is 1. The second-order valence-corrected chi connectivity index (χ2v) is 4.68. The summed E-state index contributed by atoms with van der Waals surface area (Å²) in [7, 11) is 1.26. The van der Waals surface area contributed by atoms with Crippen molar-refractivity contribution in [2.24, 2.45) is 0 Å². The SMILES string of the molecule is COC(=O)c1ccccc1NC(=O)CC(=O)Nc1ccccc1. The molecule has 23 heavy (non-hydrogen) atoms. The zero-order valence-corrected chi connectivity index (χ0v) is 12.5. The first-order chi connectivity index (χ1) is 11.1. The smallest absolute Gasteiger partial charge is 0.339 e. The molecule has 0 saturated carbocycles. The Hall–Kier alpha value is -3.15. The van der Waals surface area contributed by atoms with E-state index in [2.05, 4.69) is 15.4 Å². The molecule has 6 nitrogen and oxygen atoms in total. The molecule has 0 atom stereocenters. The van der Waals surface area contributed by atoms with Crippen LogP contribution in [0.1, 0.15) is 16.8 Å². The minimum atomic E-state index is -0.561. The molecule has 0 saturated heterocycles. The fourth-order valence-electron chi connectivity index (χ4n) is 1.95. The Morgan fingerprint density at radius 1 is 0.870 bits per heavy atom. The van der Waals surface area contributed by atoms with Gasteiger partial charge in [0.2, 0.25) is 11.8 Å². The molecule has 0 aromatic heterocycles. The largest absolute Gasteiger partial charge is 0.465 e. The summed E-state index contributed by atoms with van der Waals surface area (Å²) in [5, 5.41) is 5.16. The Bertz CT molecular complexity index is 714. The van der Waals surface area contributed by atoms with E-state index in [0.29, 0.717) is 11.4 Å². The third-order valence-electron chi connectivity index (χ3n) is 2.99. The second-order valence-electron chi connectivity index (χ2n) is 4.68. The van der Waals surface area contributed by atoms with Gasteiger partial charge in [-0.2, -0.15) is 0 Å². The van der Waals surface area contributed by atoms with Crippen LogP contribution in [0.4, 0.5) is 11.4 Å². The normalized spacial score (nSPS) is 9.78. The predicted octanol–water partition coefficient (Wildman–Crippen LogP) is 2.44. The van der Waals surface area contributed by atoms with Gasteiger partial charge in [0, 0.05) is 5.69 Å². The maximum atomic E-state index is 12.0. The molecule has 0 unspecified atom stereocenters. The summed E-state index contributed by atoms with van der Waals surface area (Å²) < 4.78 is 4.65. The fraction of sp³-hybridized carbons (Fsp3) is 0.118. The molecule has 0 radical (unpaired) electrons. The maximum absolute atomic E-state index is 12.0. The van der Waals surface area contributed by atoms with Gasteiger partial charge in [-0.25, -0.2) is 4.79 Å². The van der Waals surface area contributed by atoms with Gasteiger partial charge in [0.05, 0.1) is 18.4 Å². The van der Waals surface area contributed by atoms with Crippen molar-refractivity contribution in [3.8, 4) is 0 Å². The summed E-state index contributed by atoms with van der Waals surface area (Å²) in [4.78, 5) is 35.4. The number of nitrogens with one attached hydrogen (secondary N) is 2. The van der Waals surface area contributed by atoms with Crippen molar-refractivity contribution in [2.45, 2.75) is 6.42 Å². The molecule has 118 valence electrons. The van der Waals surface area contributed by atoms with Crippen molar-refractivity contribution in [3.05, 3.63) is 60.2 Å². The lowest BCUT2D eigenvalue weighted by Crippen LogP contribution is -2.22. The zero-order chi connectivity index (χ0) is 16.7. The first kappa shape index (κ1) is 16.2. The molecular weight excluding hydrogens is 296 g/mol. The van der Waals surface area contributed by atoms with Crippen molar-refractivity contribution >= 4 is 29.2 Å². The summed E-state index contributed by atoms with van der Waals surface area (Å²) in [6.45, 7) is 0. The van der Waals surface area contributed by atoms with Gasteiger partial charge in [0.25, 0.3) is 0 Å². The van der Waals surface area contributed by atoms with Gasteiger partial charge in [0.1, 0.15) is 6.42 Å². The number of ether oxygens (including phenoxy) is 1. The van der Waals surface area contributed by atoms with Crippen LogP contribution in [0.15, 0.2) is 54.6 Å². The zero-order valence-electron chi connectivity index (χ0n) is 12.5. The van der Waals surface area contributed by atoms with Crippen LogP contribution in [0.2, 0.25) is 0 Å². The lowest BCUT2D eigenvalue weighted by atomic mass is 10.1. The van der Waals surface area contributed by atoms with Gasteiger partial charge in [-0.05, 0) is 24.3 Å². The van der Waals surface area contributed by atoms with Gasteiger partial charge < -0.3 is 15.4 Å². The number of hydrogen-bond donors (Lipinski definition) is 2. The van der Waals surface area contributed by atoms with E-state index in [1.807, 2.05) is 6.07 Å². The van der Waals surface area contributed by atoms with Crippen LogP contribution >= 0.6 is 0 Å². The average Bonchev–Trinajstić information content (AvgIpc) is 2.55. The van der Waals surface area contributed by atoms with Crippen LogP contribution in [0.25, 0.3) is 0 Å². The summed E-state index contributed by atoms with van der Waals surface area (Å²) in [6.07, 6.45) is -0.357. The van der Waals surface area contributed by atoms with Crippen LogP contribution in [0.5, 0.6) is 0 Å². The number of amides is 2. The molecule has 2 amide bonds. The van der Waals surface area contributed by atoms with Crippen LogP contribution in [-0.4, -0.2) is 24.9 Å². The highest BCUT2D eigenvalue weighted by molar-refractivity contribution is 6.09. The molecule has 0 fully saturated rings. The molecule has 0 spiro atoms. The second kappa shape index (κ2) is 7.74. The van der Waals surface area contributed by atoms with Crippen molar-refractivity contribution in [1.82, 2.24) is 0 Å². The Morgan fingerprint density at radius 3 is 2.17 bits per heavy atom. The summed E-state index contributed by atoms with van der Waals surface area (Å²) in [5.74, 6) is -1.52. The molecule has 0 aliphatic carbocycles. The summed E-state index contributed by atoms with van der Waals surface area (Å²) >= 11 is 0. The molecule has 2 rings (SSSR count). The highest BCUT2D eigenvalue weighted by Gasteiger charge is 2.15. The number of benzene rings is 2. The third-order valence-corrected chi connectivity index (χ3v) is 2.99. The number of methoxy groups -OCH3 is 1. The van der Waals surface area contributed by atoms with E-state index in [-0.39, 0.29) is 12.0 Å². The van der Waals surface area contributed by atoms with Crippen molar-refractivity contribution < 1.29 is 19.1 Å². The van der Waals surface area contributed by atoms with E-state index in [9.17, 15) is 14.4 Å². The Morgan fingerprint density at radius 2 is 1.48 bits per heavy atom. The number of carbonyl (C=O) groups is 3. The Balaban J connectivity index is 1.97. The van der Waals surface area contributed by atoms with E-state index in [0.717, 1.165) is 0 Å². The van der Waals surface area contributed by atoms with Gasteiger partial charge in [0.15, 0.2) is 0 Å². The minimum Gasteiger partial charge on any atom is -0.465 e. The molecule has 0 heterocycles. The summed E-state index contributed by atoms with van der Waals surface area (Å²) in [6, 6.07) is 15.3. The van der Waals surface area contributed by atoms with Crippen LogP contribution in [0, 0.1) is 0 Å². The highest BCUT2D eigenvalue weighted by atomic mass is 16.5. The number of hydrogen-bond acceptors (Lipinski definition) is 4. The lowest BCUT2D eigenvalue weighted by molar-refractivity contribution is -0.123. The maximum Gasteiger partial charge on any atom is 0.339 e. The lowest BCUT2D eigenvalue weighted by Gasteiger charge is -2.09. The third kappa shape index (κ3) is 4.67. The molecule has 2 aromatic rings. The van der Waals surface area contributed by atoms with E-state index < -0.39 is 17.8 Å². The van der Waals surface area contributed by atoms with Gasteiger partial charge >= 0.3 is 5.97 Å². The van der Waals surface area contributed by atoms with Crippen molar-refractivity contribution in [3.63, 3.8) is 0 Å². The van der Waals surface area contributed by atoms with E-state index in [1.54, 1.807) is 42.5 Å². The van der Waals surface area contributed by atoms with E-state index in [4.69, 9.17) is 0 Å². The Labute approximate surface area is 133 Å². The van der Waals surface area contributed by atoms with Gasteiger partial charge in [-0.1, -0.05) is 30.3 Å². The summed E-state index contributed by atoms with van der Waals surface area (Å²) in [5.41, 5.74) is 1.14. The van der Waals surface area contributed by atoms with Crippen LogP contribution < -0.4 is 10.6 Å². The van der Waals surface area contributed by atoms with E-state index in [1.165, 1.54) is 13.2 Å². The topological polar surface area (TPSA) is 84.5 Å². The predicted molar refractivity (Wildman–Crippen MR) is 86.1 cm³/mol. The molecule has 6 heteroatoms. The van der Waals surface area contributed by atoms with E-state index >= 15 is 0 Å². The number of para-hydroxylation sites is 2. The van der Waals surface area contributed by atoms with Crippen molar-refractivity contribution in [2.75, 3.05) is 17.7 Å². The van der Waals surface area contributed by atoms with Gasteiger partial charge in [-0.3, -0.25) is 9.59 Å². The standard InChI is InChI=1S/C17H16N2O4/c1-23-17(22)13-9-5-6-10-14(13)19-16(21)11-15(20)18-12-7-3-2-4-8-12/h2-10H,11H2,1H3,(H,18,20)(H,19,21). The first-order valence-corrected chi connectivity index (χ1v) is 6.92.